The summed E-state index contributed by atoms with van der Waals surface area (Å²) in [5.41, 5.74) is 1.40. The van der Waals surface area contributed by atoms with E-state index < -0.39 is 0 Å². The largest absolute Gasteiger partial charge is 0.481 e. The Bertz CT molecular complexity index is 617. The van der Waals surface area contributed by atoms with Crippen LogP contribution in [0.4, 0.5) is 10.1 Å². The number of ether oxygens (including phenoxy) is 1. The van der Waals surface area contributed by atoms with E-state index in [0.717, 1.165) is 5.69 Å². The van der Waals surface area contributed by atoms with Gasteiger partial charge >= 0.3 is 0 Å². The SMILES string of the molecule is CC1Nc2cc(Cl)ccc2OC1c1ccccc1F. The predicted molar refractivity (Wildman–Crippen MR) is 74.3 cm³/mol. The van der Waals surface area contributed by atoms with Crippen molar-refractivity contribution in [2.75, 3.05) is 5.32 Å². The monoisotopic (exact) mass is 277 g/mol. The van der Waals surface area contributed by atoms with Gasteiger partial charge in [-0.25, -0.2) is 4.39 Å². The Labute approximate surface area is 116 Å². The van der Waals surface area contributed by atoms with Crippen LogP contribution in [0.15, 0.2) is 42.5 Å². The molecule has 2 aromatic rings. The summed E-state index contributed by atoms with van der Waals surface area (Å²) in [7, 11) is 0. The molecule has 0 radical (unpaired) electrons. The van der Waals surface area contributed by atoms with Gasteiger partial charge in [-0.1, -0.05) is 29.8 Å². The van der Waals surface area contributed by atoms with E-state index >= 15 is 0 Å². The first-order chi connectivity index (χ1) is 9.15. The molecular formula is C15H13ClFNO. The highest BCUT2D eigenvalue weighted by Gasteiger charge is 2.29. The third-order valence-corrected chi connectivity index (χ3v) is 3.48. The summed E-state index contributed by atoms with van der Waals surface area (Å²) in [6.45, 7) is 1.96. The van der Waals surface area contributed by atoms with Crippen molar-refractivity contribution < 1.29 is 9.13 Å². The zero-order chi connectivity index (χ0) is 13.4. The summed E-state index contributed by atoms with van der Waals surface area (Å²) in [6.07, 6.45) is -0.352. The van der Waals surface area contributed by atoms with Crippen LogP contribution in [-0.4, -0.2) is 6.04 Å². The minimum absolute atomic E-state index is 0.0390. The van der Waals surface area contributed by atoms with Gasteiger partial charge in [-0.15, -0.1) is 0 Å². The van der Waals surface area contributed by atoms with E-state index in [1.54, 1.807) is 24.3 Å². The second-order valence-electron chi connectivity index (χ2n) is 4.63. The van der Waals surface area contributed by atoms with Crippen LogP contribution in [0.2, 0.25) is 5.02 Å². The van der Waals surface area contributed by atoms with E-state index in [1.165, 1.54) is 6.07 Å². The third kappa shape index (κ3) is 2.26. The molecule has 98 valence electrons. The topological polar surface area (TPSA) is 21.3 Å². The van der Waals surface area contributed by atoms with Crippen molar-refractivity contribution in [3.8, 4) is 5.75 Å². The van der Waals surface area contributed by atoms with Crippen LogP contribution in [0, 0.1) is 5.82 Å². The van der Waals surface area contributed by atoms with Crippen molar-refractivity contribution >= 4 is 17.3 Å². The van der Waals surface area contributed by atoms with Gasteiger partial charge in [0, 0.05) is 10.6 Å². The lowest BCUT2D eigenvalue weighted by Gasteiger charge is -2.33. The molecule has 0 aliphatic carbocycles. The molecule has 2 nitrogen and oxygen atoms in total. The normalized spacial score (nSPS) is 21.2. The number of halogens is 2. The highest BCUT2D eigenvalue weighted by atomic mass is 35.5. The number of benzene rings is 2. The van der Waals surface area contributed by atoms with Gasteiger partial charge in [0.2, 0.25) is 0 Å². The fourth-order valence-corrected chi connectivity index (χ4v) is 2.49. The Morgan fingerprint density at radius 1 is 1.21 bits per heavy atom. The molecule has 1 heterocycles. The predicted octanol–water partition coefficient (Wildman–Crippen LogP) is 4.41. The molecule has 0 aromatic heterocycles. The molecule has 2 aromatic carbocycles. The quantitative estimate of drug-likeness (QED) is 0.833. The van der Waals surface area contributed by atoms with Crippen molar-refractivity contribution in [2.45, 2.75) is 19.1 Å². The van der Waals surface area contributed by atoms with Crippen LogP contribution >= 0.6 is 11.6 Å². The number of fused-ring (bicyclic) bond motifs is 1. The van der Waals surface area contributed by atoms with Crippen LogP contribution < -0.4 is 10.1 Å². The van der Waals surface area contributed by atoms with E-state index in [2.05, 4.69) is 5.32 Å². The van der Waals surface area contributed by atoms with Gasteiger partial charge in [0.05, 0.1) is 11.7 Å². The van der Waals surface area contributed by atoms with Gasteiger partial charge in [-0.05, 0) is 31.2 Å². The average Bonchev–Trinajstić information content (AvgIpc) is 2.39. The molecule has 2 atom stereocenters. The first kappa shape index (κ1) is 12.3. The summed E-state index contributed by atoms with van der Waals surface area (Å²) in [4.78, 5) is 0. The molecule has 3 rings (SSSR count). The maximum Gasteiger partial charge on any atom is 0.146 e. The van der Waals surface area contributed by atoms with Crippen LogP contribution in [0.3, 0.4) is 0 Å². The molecule has 1 aliphatic heterocycles. The van der Waals surface area contributed by atoms with Gasteiger partial charge in [0.15, 0.2) is 0 Å². The molecule has 1 N–H and O–H groups in total. The lowest BCUT2D eigenvalue weighted by Crippen LogP contribution is -2.33. The Hall–Kier alpha value is -1.74. The fourth-order valence-electron chi connectivity index (χ4n) is 2.32. The number of hydrogen-bond acceptors (Lipinski definition) is 2. The van der Waals surface area contributed by atoms with Gasteiger partial charge < -0.3 is 10.1 Å². The Morgan fingerprint density at radius 3 is 2.79 bits per heavy atom. The van der Waals surface area contributed by atoms with Crippen molar-refractivity contribution in [3.05, 3.63) is 58.9 Å². The molecule has 19 heavy (non-hydrogen) atoms. The first-order valence-corrected chi connectivity index (χ1v) is 6.50. The smallest absolute Gasteiger partial charge is 0.146 e. The highest BCUT2D eigenvalue weighted by molar-refractivity contribution is 6.30. The van der Waals surface area contributed by atoms with Crippen molar-refractivity contribution in [1.29, 1.82) is 0 Å². The summed E-state index contributed by atoms with van der Waals surface area (Å²) in [6, 6.07) is 12.0. The molecule has 0 spiro atoms. The van der Waals surface area contributed by atoms with E-state index in [0.29, 0.717) is 16.3 Å². The summed E-state index contributed by atoms with van der Waals surface area (Å²) >= 11 is 5.95. The van der Waals surface area contributed by atoms with Gasteiger partial charge in [-0.3, -0.25) is 0 Å². The van der Waals surface area contributed by atoms with E-state index in [4.69, 9.17) is 16.3 Å². The minimum atomic E-state index is -0.352. The number of hydrogen-bond donors (Lipinski definition) is 1. The first-order valence-electron chi connectivity index (χ1n) is 6.12. The standard InChI is InChI=1S/C15H13ClFNO/c1-9-15(11-4-2-3-5-12(11)17)19-14-7-6-10(16)8-13(14)18-9/h2-9,15,18H,1H3. The lowest BCUT2D eigenvalue weighted by molar-refractivity contribution is 0.173. The van der Waals surface area contributed by atoms with E-state index in [9.17, 15) is 4.39 Å². The zero-order valence-corrected chi connectivity index (χ0v) is 11.1. The lowest BCUT2D eigenvalue weighted by atomic mass is 10.0. The second kappa shape index (κ2) is 4.74. The fraction of sp³-hybridized carbons (Fsp3) is 0.200. The zero-order valence-electron chi connectivity index (χ0n) is 10.4. The molecule has 2 unspecified atom stereocenters. The Kier molecular flexibility index (Phi) is 3.07. The summed E-state index contributed by atoms with van der Waals surface area (Å²) in [5.74, 6) is 0.439. The Balaban J connectivity index is 1.98. The van der Waals surface area contributed by atoms with Crippen molar-refractivity contribution in [1.82, 2.24) is 0 Å². The molecule has 4 heteroatoms. The maximum atomic E-state index is 13.9. The molecule has 0 saturated heterocycles. The molecular weight excluding hydrogens is 265 g/mol. The molecule has 0 bridgehead atoms. The van der Waals surface area contributed by atoms with Crippen molar-refractivity contribution in [2.24, 2.45) is 0 Å². The van der Waals surface area contributed by atoms with Gasteiger partial charge in [-0.2, -0.15) is 0 Å². The number of rotatable bonds is 1. The van der Waals surface area contributed by atoms with Gasteiger partial charge in [0.1, 0.15) is 17.7 Å². The minimum Gasteiger partial charge on any atom is -0.481 e. The van der Waals surface area contributed by atoms with Crippen LogP contribution in [0.1, 0.15) is 18.6 Å². The van der Waals surface area contributed by atoms with Crippen LogP contribution in [-0.2, 0) is 0 Å². The Morgan fingerprint density at radius 2 is 2.00 bits per heavy atom. The summed E-state index contributed by atoms with van der Waals surface area (Å²) < 4.78 is 19.8. The van der Waals surface area contributed by atoms with Crippen LogP contribution in [0.5, 0.6) is 5.75 Å². The average molecular weight is 278 g/mol. The number of nitrogens with one attached hydrogen (secondary N) is 1. The molecule has 0 saturated carbocycles. The summed E-state index contributed by atoms with van der Waals surface area (Å²) in [5, 5.41) is 3.95. The van der Waals surface area contributed by atoms with E-state index in [-0.39, 0.29) is 18.0 Å². The highest BCUT2D eigenvalue weighted by Crippen LogP contribution is 2.39. The number of anilines is 1. The van der Waals surface area contributed by atoms with E-state index in [1.807, 2.05) is 19.1 Å². The molecule has 1 aliphatic rings. The van der Waals surface area contributed by atoms with Crippen molar-refractivity contribution in [3.63, 3.8) is 0 Å². The third-order valence-electron chi connectivity index (χ3n) is 3.24. The second-order valence-corrected chi connectivity index (χ2v) is 5.07. The van der Waals surface area contributed by atoms with Crippen LogP contribution in [0.25, 0.3) is 0 Å². The maximum absolute atomic E-state index is 13.9. The van der Waals surface area contributed by atoms with Gasteiger partial charge in [0.25, 0.3) is 0 Å². The molecule has 0 fully saturated rings. The molecule has 0 amide bonds.